The zero-order chi connectivity index (χ0) is 22.4. The third-order valence-corrected chi connectivity index (χ3v) is 5.96. The molecule has 0 aliphatic heterocycles. The summed E-state index contributed by atoms with van der Waals surface area (Å²) in [7, 11) is 0. The van der Waals surface area contributed by atoms with Gasteiger partial charge < -0.3 is 4.74 Å². The normalized spacial score (nSPS) is 19.7. The molecule has 0 unspecified atom stereocenters. The van der Waals surface area contributed by atoms with Gasteiger partial charge in [-0.25, -0.2) is 4.39 Å². The van der Waals surface area contributed by atoms with Crippen LogP contribution in [-0.4, -0.2) is 12.8 Å². The van der Waals surface area contributed by atoms with Crippen molar-refractivity contribution in [1.82, 2.24) is 0 Å². The van der Waals surface area contributed by atoms with Crippen molar-refractivity contribution in [2.24, 2.45) is 5.92 Å². The van der Waals surface area contributed by atoms with Gasteiger partial charge in [-0.15, -0.1) is 0 Å². The third kappa shape index (κ3) is 6.31. The topological polar surface area (TPSA) is 9.23 Å². The van der Waals surface area contributed by atoms with Gasteiger partial charge in [-0.05, 0) is 80.5 Å². The van der Waals surface area contributed by atoms with Gasteiger partial charge in [0.15, 0.2) is 18.2 Å². The lowest BCUT2D eigenvalue weighted by atomic mass is 9.77. The van der Waals surface area contributed by atoms with E-state index in [2.05, 4.69) is 16.9 Å². The molecule has 0 spiro atoms. The summed E-state index contributed by atoms with van der Waals surface area (Å²) in [6.07, 6.45) is 6.66. The number of rotatable bonds is 7. The molecule has 0 amide bonds. The minimum Gasteiger partial charge on any atom is -0.481 e. The molecule has 168 valence electrons. The van der Waals surface area contributed by atoms with Gasteiger partial charge in [0.2, 0.25) is 5.82 Å². The molecule has 2 aromatic rings. The molecule has 31 heavy (non-hydrogen) atoms. The van der Waals surface area contributed by atoms with Crippen molar-refractivity contribution in [3.05, 3.63) is 65.7 Å². The molecule has 0 bridgehead atoms. The highest BCUT2D eigenvalue weighted by atomic mass is 19.4. The van der Waals surface area contributed by atoms with Crippen LogP contribution in [0.2, 0.25) is 0 Å². The SMILES string of the molecule is CC=CCCC1CCC(c2ccc(-c3ccc(OCC(F)(F)F)c(F)c3F)cc2)CC1. The van der Waals surface area contributed by atoms with E-state index < -0.39 is 30.2 Å². The predicted molar refractivity (Wildman–Crippen MR) is 112 cm³/mol. The smallest absolute Gasteiger partial charge is 0.422 e. The molecule has 0 radical (unpaired) electrons. The van der Waals surface area contributed by atoms with Crippen molar-refractivity contribution in [3.8, 4) is 16.9 Å². The minimum absolute atomic E-state index is 0.00362. The fourth-order valence-electron chi connectivity index (χ4n) is 4.24. The minimum atomic E-state index is -4.62. The largest absolute Gasteiger partial charge is 0.481 e. The molecular weight excluding hydrogens is 411 g/mol. The lowest BCUT2D eigenvalue weighted by Crippen LogP contribution is -2.19. The van der Waals surface area contributed by atoms with E-state index in [-0.39, 0.29) is 5.56 Å². The Hall–Kier alpha value is -2.37. The number of halogens is 5. The summed E-state index contributed by atoms with van der Waals surface area (Å²) in [5.74, 6) is -2.15. The van der Waals surface area contributed by atoms with Crippen LogP contribution in [0.15, 0.2) is 48.6 Å². The predicted octanol–water partition coefficient (Wildman–Crippen LogP) is 8.20. The summed E-state index contributed by atoms with van der Waals surface area (Å²) in [6, 6.07) is 9.62. The average molecular weight is 438 g/mol. The molecule has 0 saturated heterocycles. The van der Waals surface area contributed by atoms with Gasteiger partial charge in [-0.3, -0.25) is 0 Å². The highest BCUT2D eigenvalue weighted by Crippen LogP contribution is 2.38. The van der Waals surface area contributed by atoms with Gasteiger partial charge in [0, 0.05) is 5.56 Å². The average Bonchev–Trinajstić information content (AvgIpc) is 2.75. The van der Waals surface area contributed by atoms with Crippen LogP contribution in [0.5, 0.6) is 5.75 Å². The van der Waals surface area contributed by atoms with Gasteiger partial charge in [-0.1, -0.05) is 36.4 Å². The number of alkyl halides is 3. The van der Waals surface area contributed by atoms with E-state index in [0.717, 1.165) is 31.2 Å². The molecule has 0 heterocycles. The first-order valence-electron chi connectivity index (χ1n) is 10.7. The summed E-state index contributed by atoms with van der Waals surface area (Å²) >= 11 is 0. The monoisotopic (exact) mass is 438 g/mol. The molecule has 1 saturated carbocycles. The van der Waals surface area contributed by atoms with Crippen molar-refractivity contribution in [2.75, 3.05) is 6.61 Å². The van der Waals surface area contributed by atoms with E-state index in [4.69, 9.17) is 0 Å². The number of hydrogen-bond donors (Lipinski definition) is 0. The number of ether oxygens (including phenoxy) is 1. The van der Waals surface area contributed by atoms with Gasteiger partial charge in [0.1, 0.15) is 0 Å². The van der Waals surface area contributed by atoms with Gasteiger partial charge in [0.25, 0.3) is 0 Å². The molecule has 0 N–H and O–H groups in total. The van der Waals surface area contributed by atoms with Crippen molar-refractivity contribution in [2.45, 2.75) is 57.5 Å². The second kappa shape index (κ2) is 10.3. The van der Waals surface area contributed by atoms with Crippen LogP contribution < -0.4 is 4.74 Å². The van der Waals surface area contributed by atoms with Crippen LogP contribution in [0.25, 0.3) is 11.1 Å². The second-order valence-electron chi connectivity index (χ2n) is 8.13. The van der Waals surface area contributed by atoms with Crippen LogP contribution in [0, 0.1) is 17.6 Å². The zero-order valence-corrected chi connectivity index (χ0v) is 17.5. The summed E-state index contributed by atoms with van der Waals surface area (Å²) in [5.41, 5.74) is 1.65. The molecule has 1 aliphatic carbocycles. The number of hydrogen-bond acceptors (Lipinski definition) is 1. The molecule has 0 atom stereocenters. The maximum absolute atomic E-state index is 14.5. The molecular formula is C25H27F5O. The van der Waals surface area contributed by atoms with Crippen LogP contribution in [-0.2, 0) is 0 Å². The van der Waals surface area contributed by atoms with E-state index in [1.165, 1.54) is 30.9 Å². The standard InChI is InChI=1S/C25H27F5O/c1-2-3-4-5-17-6-8-18(9-7-17)19-10-12-20(13-11-19)21-14-15-22(24(27)23(21)26)31-16-25(28,29)30/h2-3,10-15,17-18H,4-9,16H2,1H3. The lowest BCUT2D eigenvalue weighted by molar-refractivity contribution is -0.153. The van der Waals surface area contributed by atoms with Crippen LogP contribution in [0.4, 0.5) is 22.0 Å². The Bertz CT molecular complexity index is 878. The number of benzene rings is 2. The van der Waals surface area contributed by atoms with E-state index in [0.29, 0.717) is 11.5 Å². The van der Waals surface area contributed by atoms with E-state index in [9.17, 15) is 22.0 Å². The Kier molecular flexibility index (Phi) is 7.74. The highest BCUT2D eigenvalue weighted by Gasteiger charge is 2.29. The Labute approximate surface area is 179 Å². The molecule has 1 nitrogen and oxygen atoms in total. The Balaban J connectivity index is 1.64. The Morgan fingerprint density at radius 2 is 1.61 bits per heavy atom. The molecule has 2 aromatic carbocycles. The van der Waals surface area contributed by atoms with Crippen molar-refractivity contribution < 1.29 is 26.7 Å². The van der Waals surface area contributed by atoms with Crippen LogP contribution in [0.1, 0.15) is 56.9 Å². The first-order chi connectivity index (χ1) is 14.8. The van der Waals surface area contributed by atoms with Crippen LogP contribution >= 0.6 is 0 Å². The zero-order valence-electron chi connectivity index (χ0n) is 17.5. The van der Waals surface area contributed by atoms with Crippen LogP contribution in [0.3, 0.4) is 0 Å². The van der Waals surface area contributed by atoms with E-state index in [1.807, 2.05) is 19.1 Å². The Morgan fingerprint density at radius 1 is 0.935 bits per heavy atom. The first-order valence-corrected chi connectivity index (χ1v) is 10.7. The van der Waals surface area contributed by atoms with Gasteiger partial charge in [-0.2, -0.15) is 17.6 Å². The van der Waals surface area contributed by atoms with E-state index >= 15 is 0 Å². The van der Waals surface area contributed by atoms with Gasteiger partial charge >= 0.3 is 6.18 Å². The molecule has 3 rings (SSSR count). The molecule has 1 aliphatic rings. The molecule has 0 aromatic heterocycles. The molecule has 6 heteroatoms. The second-order valence-corrected chi connectivity index (χ2v) is 8.13. The third-order valence-electron chi connectivity index (χ3n) is 5.96. The number of allylic oxidation sites excluding steroid dienone is 2. The van der Waals surface area contributed by atoms with Crippen molar-refractivity contribution >= 4 is 0 Å². The first kappa shape index (κ1) is 23.3. The molecule has 1 fully saturated rings. The van der Waals surface area contributed by atoms with Gasteiger partial charge in [0.05, 0.1) is 0 Å². The van der Waals surface area contributed by atoms with Crippen molar-refractivity contribution in [3.63, 3.8) is 0 Å². The Morgan fingerprint density at radius 3 is 2.23 bits per heavy atom. The summed E-state index contributed by atoms with van der Waals surface area (Å²) < 4.78 is 69.8. The lowest BCUT2D eigenvalue weighted by Gasteiger charge is -2.28. The summed E-state index contributed by atoms with van der Waals surface area (Å²) in [6.45, 7) is 0.367. The fraction of sp³-hybridized carbons (Fsp3) is 0.440. The fourth-order valence-corrected chi connectivity index (χ4v) is 4.24. The maximum Gasteiger partial charge on any atom is 0.422 e. The summed E-state index contributed by atoms with van der Waals surface area (Å²) in [4.78, 5) is 0. The summed E-state index contributed by atoms with van der Waals surface area (Å²) in [5, 5.41) is 0. The van der Waals surface area contributed by atoms with E-state index in [1.54, 1.807) is 12.1 Å². The quantitative estimate of drug-likeness (QED) is 0.313. The van der Waals surface area contributed by atoms with Crippen molar-refractivity contribution in [1.29, 1.82) is 0 Å². The maximum atomic E-state index is 14.5. The highest BCUT2D eigenvalue weighted by molar-refractivity contribution is 5.65.